The van der Waals surface area contributed by atoms with Crippen LogP contribution in [-0.4, -0.2) is 43.0 Å². The Hall–Kier alpha value is -2.73. The van der Waals surface area contributed by atoms with E-state index < -0.39 is 0 Å². The van der Waals surface area contributed by atoms with Crippen molar-refractivity contribution in [2.75, 3.05) is 31.6 Å². The van der Waals surface area contributed by atoms with Crippen LogP contribution in [-0.2, 0) is 16.0 Å². The zero-order chi connectivity index (χ0) is 21.2. The maximum Gasteiger partial charge on any atom is 0.262 e. The Kier molecular flexibility index (Phi) is 8.80. The fourth-order valence-electron chi connectivity index (χ4n) is 2.78. The predicted octanol–water partition coefficient (Wildman–Crippen LogP) is 4.17. The first-order chi connectivity index (χ1) is 14.0. The van der Waals surface area contributed by atoms with Crippen LogP contribution in [0.2, 0.25) is 5.02 Å². The van der Waals surface area contributed by atoms with Gasteiger partial charge in [0.05, 0.1) is 5.02 Å². The summed E-state index contributed by atoms with van der Waals surface area (Å²) < 4.78 is 11.1. The van der Waals surface area contributed by atoms with Crippen molar-refractivity contribution in [3.63, 3.8) is 0 Å². The lowest BCUT2D eigenvalue weighted by atomic mass is 10.1. The molecule has 0 saturated heterocycles. The highest BCUT2D eigenvalue weighted by Gasteiger charge is 2.12. The first-order valence-electron chi connectivity index (χ1n) is 9.69. The van der Waals surface area contributed by atoms with Crippen molar-refractivity contribution in [1.29, 1.82) is 0 Å². The number of hydrogen-bond acceptors (Lipinski definition) is 4. The van der Waals surface area contributed by atoms with Gasteiger partial charge < -0.3 is 19.7 Å². The number of para-hydroxylation sites is 1. The van der Waals surface area contributed by atoms with Gasteiger partial charge in [-0.15, -0.1) is 0 Å². The number of nitrogens with zero attached hydrogens (tertiary/aromatic N) is 1. The number of rotatable bonds is 10. The minimum atomic E-state index is -0.294. The fourth-order valence-corrected chi connectivity index (χ4v) is 3.01. The zero-order valence-corrected chi connectivity index (χ0v) is 17.8. The van der Waals surface area contributed by atoms with E-state index in [1.54, 1.807) is 23.1 Å². The Balaban J connectivity index is 1.89. The topological polar surface area (TPSA) is 67.9 Å². The number of ether oxygens (including phenoxy) is 2. The van der Waals surface area contributed by atoms with Gasteiger partial charge in [0, 0.05) is 18.8 Å². The summed E-state index contributed by atoms with van der Waals surface area (Å²) in [6.45, 7) is 6.92. The van der Waals surface area contributed by atoms with Crippen LogP contribution in [0.4, 0.5) is 5.69 Å². The van der Waals surface area contributed by atoms with Crippen LogP contribution in [0.3, 0.4) is 0 Å². The van der Waals surface area contributed by atoms with Crippen LogP contribution in [0.5, 0.6) is 11.5 Å². The van der Waals surface area contributed by atoms with Crippen molar-refractivity contribution in [3.8, 4) is 11.5 Å². The maximum absolute atomic E-state index is 12.2. The number of nitrogens with one attached hydrogen (secondary N) is 1. The highest BCUT2D eigenvalue weighted by molar-refractivity contribution is 6.32. The molecule has 29 heavy (non-hydrogen) atoms. The quantitative estimate of drug-likeness (QED) is 0.628. The third-order valence-electron chi connectivity index (χ3n) is 4.40. The molecule has 0 aliphatic rings. The molecule has 0 saturated carbocycles. The van der Waals surface area contributed by atoms with E-state index in [9.17, 15) is 9.59 Å². The third-order valence-corrected chi connectivity index (χ3v) is 4.69. The summed E-state index contributed by atoms with van der Waals surface area (Å²) in [6, 6.07) is 12.5. The first kappa shape index (κ1) is 22.6. The molecule has 0 aromatic heterocycles. The number of aryl methyl sites for hydroxylation is 1. The minimum Gasteiger partial charge on any atom is -0.483 e. The summed E-state index contributed by atoms with van der Waals surface area (Å²) in [4.78, 5) is 25.9. The minimum absolute atomic E-state index is 0.0855. The van der Waals surface area contributed by atoms with Crippen molar-refractivity contribution in [2.24, 2.45) is 0 Å². The van der Waals surface area contributed by atoms with E-state index in [0.29, 0.717) is 35.3 Å². The van der Waals surface area contributed by atoms with Gasteiger partial charge in [-0.2, -0.15) is 0 Å². The van der Waals surface area contributed by atoms with E-state index in [-0.39, 0.29) is 25.0 Å². The largest absolute Gasteiger partial charge is 0.483 e. The van der Waals surface area contributed by atoms with Crippen LogP contribution in [0.1, 0.15) is 26.3 Å². The number of carbonyl (C=O) groups excluding carboxylic acids is 2. The number of likely N-dealkylation sites (N-methyl/N-ethyl adjacent to an activating group) is 1. The third kappa shape index (κ3) is 6.68. The lowest BCUT2D eigenvalue weighted by Gasteiger charge is -2.19. The summed E-state index contributed by atoms with van der Waals surface area (Å²) in [7, 11) is 0. The summed E-state index contributed by atoms with van der Waals surface area (Å²) in [6.07, 6.45) is 0.825. The van der Waals surface area contributed by atoms with Gasteiger partial charge in [0.1, 0.15) is 11.5 Å². The Bertz CT molecular complexity index is 837. The molecule has 1 N–H and O–H groups in total. The molecule has 0 atom stereocenters. The van der Waals surface area contributed by atoms with Crippen molar-refractivity contribution in [2.45, 2.75) is 27.2 Å². The van der Waals surface area contributed by atoms with Gasteiger partial charge in [0.2, 0.25) is 0 Å². The Morgan fingerprint density at radius 2 is 1.66 bits per heavy atom. The highest BCUT2D eigenvalue weighted by atomic mass is 35.5. The molecule has 0 unspecified atom stereocenters. The van der Waals surface area contributed by atoms with Gasteiger partial charge in [-0.1, -0.05) is 36.7 Å². The molecule has 6 nitrogen and oxygen atoms in total. The van der Waals surface area contributed by atoms with Crippen molar-refractivity contribution >= 4 is 29.1 Å². The van der Waals surface area contributed by atoms with Crippen molar-refractivity contribution in [3.05, 3.63) is 53.1 Å². The molecule has 0 heterocycles. The monoisotopic (exact) mass is 418 g/mol. The van der Waals surface area contributed by atoms with Crippen LogP contribution < -0.4 is 14.8 Å². The average molecular weight is 419 g/mol. The highest BCUT2D eigenvalue weighted by Crippen LogP contribution is 2.28. The maximum atomic E-state index is 12.2. The molecule has 0 spiro atoms. The number of hydrogen-bond donors (Lipinski definition) is 1. The van der Waals surface area contributed by atoms with Crippen LogP contribution in [0, 0.1) is 0 Å². The van der Waals surface area contributed by atoms with E-state index >= 15 is 0 Å². The Labute approximate surface area is 176 Å². The summed E-state index contributed by atoms with van der Waals surface area (Å²) in [5.41, 5.74) is 1.57. The number of benzene rings is 2. The molecule has 7 heteroatoms. The lowest BCUT2D eigenvalue weighted by Crippen LogP contribution is -2.34. The number of anilines is 1. The van der Waals surface area contributed by atoms with E-state index in [0.717, 1.165) is 12.0 Å². The molecule has 0 bridgehead atoms. The Morgan fingerprint density at radius 1 is 0.966 bits per heavy atom. The van der Waals surface area contributed by atoms with Crippen LogP contribution >= 0.6 is 11.6 Å². The van der Waals surface area contributed by atoms with Gasteiger partial charge >= 0.3 is 0 Å². The predicted molar refractivity (Wildman–Crippen MR) is 115 cm³/mol. The smallest absolute Gasteiger partial charge is 0.262 e. The molecule has 2 rings (SSSR count). The molecule has 2 aromatic carbocycles. The van der Waals surface area contributed by atoms with Gasteiger partial charge in [-0.25, -0.2) is 0 Å². The van der Waals surface area contributed by atoms with Crippen molar-refractivity contribution in [1.82, 2.24) is 4.90 Å². The number of amides is 2. The van der Waals surface area contributed by atoms with E-state index in [2.05, 4.69) is 5.32 Å². The fraction of sp³-hybridized carbons (Fsp3) is 0.364. The second-order valence-corrected chi connectivity index (χ2v) is 6.71. The second-order valence-electron chi connectivity index (χ2n) is 6.30. The molecule has 2 amide bonds. The molecule has 2 aromatic rings. The van der Waals surface area contributed by atoms with E-state index in [4.69, 9.17) is 21.1 Å². The molecule has 0 fully saturated rings. The first-order valence-corrected chi connectivity index (χ1v) is 10.1. The molecular weight excluding hydrogens is 392 g/mol. The van der Waals surface area contributed by atoms with Gasteiger partial charge in [0.25, 0.3) is 11.8 Å². The van der Waals surface area contributed by atoms with E-state index in [1.807, 2.05) is 45.0 Å². The summed E-state index contributed by atoms with van der Waals surface area (Å²) in [5.74, 6) is 0.688. The van der Waals surface area contributed by atoms with Crippen LogP contribution in [0.15, 0.2) is 42.5 Å². The molecule has 156 valence electrons. The summed E-state index contributed by atoms with van der Waals surface area (Å²) >= 11 is 6.22. The standard InChI is InChI=1S/C22H27ClN2O4/c1-4-16-9-7-8-10-19(16)28-14-21(26)24-17-11-12-20(18(23)13-17)29-15-22(27)25(5-2)6-3/h7-13H,4-6,14-15H2,1-3H3,(H,24,26). The summed E-state index contributed by atoms with van der Waals surface area (Å²) in [5, 5.41) is 3.05. The SMILES string of the molecule is CCc1ccccc1OCC(=O)Nc1ccc(OCC(=O)N(CC)CC)c(Cl)c1. The molecular formula is C22H27ClN2O4. The second kappa shape index (κ2) is 11.3. The zero-order valence-electron chi connectivity index (χ0n) is 17.0. The number of carbonyl (C=O) groups is 2. The van der Waals surface area contributed by atoms with Gasteiger partial charge in [-0.05, 0) is 50.1 Å². The average Bonchev–Trinajstić information content (AvgIpc) is 2.72. The van der Waals surface area contributed by atoms with Gasteiger partial charge in [-0.3, -0.25) is 9.59 Å². The van der Waals surface area contributed by atoms with Crippen LogP contribution in [0.25, 0.3) is 0 Å². The normalized spacial score (nSPS) is 10.3. The lowest BCUT2D eigenvalue weighted by molar-refractivity contribution is -0.133. The van der Waals surface area contributed by atoms with Gasteiger partial charge in [0.15, 0.2) is 13.2 Å². The van der Waals surface area contributed by atoms with Crippen molar-refractivity contribution < 1.29 is 19.1 Å². The number of halogens is 1. The molecule has 0 aliphatic heterocycles. The van der Waals surface area contributed by atoms with E-state index in [1.165, 1.54) is 0 Å². The Morgan fingerprint density at radius 3 is 2.31 bits per heavy atom. The molecule has 0 radical (unpaired) electrons. The molecule has 0 aliphatic carbocycles.